The molecule has 1 aliphatic heterocycles. The minimum Gasteiger partial charge on any atom is -0.370 e. The lowest BCUT2D eigenvalue weighted by Gasteiger charge is -2.37. The Morgan fingerprint density at radius 1 is 1.40 bits per heavy atom. The zero-order chi connectivity index (χ0) is 14.3. The molecule has 4 nitrogen and oxygen atoms in total. The van der Waals surface area contributed by atoms with E-state index in [0.717, 1.165) is 32.5 Å². The van der Waals surface area contributed by atoms with Crippen LogP contribution in [-0.4, -0.2) is 49.5 Å². The molecule has 2 N–H and O–H groups in total. The molecule has 0 amide bonds. The first-order chi connectivity index (χ1) is 9.53. The normalized spacial score (nSPS) is 24.6. The fourth-order valence-corrected chi connectivity index (χ4v) is 3.49. The van der Waals surface area contributed by atoms with Crippen molar-refractivity contribution < 1.29 is 0 Å². The molecule has 2 aliphatic rings. The van der Waals surface area contributed by atoms with E-state index in [0.29, 0.717) is 5.96 Å². The number of nitrogens with two attached hydrogens (primary N) is 1. The Morgan fingerprint density at radius 3 is 2.95 bits per heavy atom. The van der Waals surface area contributed by atoms with Crippen LogP contribution in [0.1, 0.15) is 23.1 Å². The van der Waals surface area contributed by atoms with E-state index in [1.165, 1.54) is 16.7 Å². The third-order valence-electron chi connectivity index (χ3n) is 4.64. The lowest BCUT2D eigenvalue weighted by Crippen LogP contribution is -2.50. The number of rotatable bonds is 3. The Labute approximate surface area is 121 Å². The topological polar surface area (TPSA) is 44.9 Å². The molecular weight excluding hydrogens is 248 g/mol. The molecule has 1 spiro atoms. The van der Waals surface area contributed by atoms with Crippen molar-refractivity contribution in [2.75, 3.05) is 33.7 Å². The van der Waals surface area contributed by atoms with Crippen LogP contribution in [0.2, 0.25) is 0 Å². The maximum atomic E-state index is 6.17. The van der Waals surface area contributed by atoms with Crippen LogP contribution in [0.5, 0.6) is 0 Å². The van der Waals surface area contributed by atoms with Gasteiger partial charge in [-0.3, -0.25) is 4.99 Å². The summed E-state index contributed by atoms with van der Waals surface area (Å²) in [5, 5.41) is 0. The highest BCUT2D eigenvalue weighted by molar-refractivity contribution is 5.81. The van der Waals surface area contributed by atoms with Crippen LogP contribution in [-0.2, 0) is 12.0 Å². The predicted molar refractivity (Wildman–Crippen MR) is 82.9 cm³/mol. The monoisotopic (exact) mass is 272 g/mol. The number of hydrogen-bond donors (Lipinski definition) is 1. The van der Waals surface area contributed by atoms with Gasteiger partial charge in [-0.2, -0.15) is 0 Å². The quantitative estimate of drug-likeness (QED) is 0.903. The van der Waals surface area contributed by atoms with E-state index in [-0.39, 0.29) is 5.54 Å². The summed E-state index contributed by atoms with van der Waals surface area (Å²) in [7, 11) is 4.20. The first-order valence-corrected chi connectivity index (χ1v) is 7.35. The number of nitrogens with zero attached hydrogens (tertiary/aromatic N) is 3. The molecule has 1 aliphatic carbocycles. The van der Waals surface area contributed by atoms with Gasteiger partial charge in [-0.25, -0.2) is 0 Å². The van der Waals surface area contributed by atoms with Crippen molar-refractivity contribution in [2.45, 2.75) is 25.3 Å². The number of fused-ring (bicyclic) bond motifs is 2. The first-order valence-electron chi connectivity index (χ1n) is 7.35. The Balaban J connectivity index is 1.95. The average Bonchev–Trinajstić information content (AvgIpc) is 2.91. The van der Waals surface area contributed by atoms with Crippen LogP contribution >= 0.6 is 0 Å². The fourth-order valence-electron chi connectivity index (χ4n) is 3.49. The Morgan fingerprint density at radius 2 is 2.20 bits per heavy atom. The van der Waals surface area contributed by atoms with Gasteiger partial charge in [-0.05, 0) is 45.0 Å². The average molecular weight is 272 g/mol. The maximum absolute atomic E-state index is 6.17. The van der Waals surface area contributed by atoms with E-state index >= 15 is 0 Å². The second-order valence-electron chi connectivity index (χ2n) is 6.32. The van der Waals surface area contributed by atoms with Crippen LogP contribution in [0.25, 0.3) is 0 Å². The van der Waals surface area contributed by atoms with E-state index in [4.69, 9.17) is 5.73 Å². The summed E-state index contributed by atoms with van der Waals surface area (Å²) in [5.74, 6) is 0.709. The molecule has 0 radical (unpaired) electrons. The van der Waals surface area contributed by atoms with E-state index in [1.54, 1.807) is 0 Å². The minimum atomic E-state index is 0.0153. The van der Waals surface area contributed by atoms with Gasteiger partial charge < -0.3 is 15.5 Å². The van der Waals surface area contributed by atoms with E-state index in [2.05, 4.69) is 54.0 Å². The molecule has 1 heterocycles. The summed E-state index contributed by atoms with van der Waals surface area (Å²) >= 11 is 0. The van der Waals surface area contributed by atoms with Gasteiger partial charge in [0.1, 0.15) is 0 Å². The van der Waals surface area contributed by atoms with E-state index < -0.39 is 0 Å². The number of hydrogen-bond acceptors (Lipinski definition) is 4. The zero-order valence-corrected chi connectivity index (χ0v) is 12.7. The lowest BCUT2D eigenvalue weighted by molar-refractivity contribution is 0.185. The zero-order valence-electron chi connectivity index (χ0n) is 12.7. The molecular formula is C16H24N4. The summed E-state index contributed by atoms with van der Waals surface area (Å²) in [6.07, 6.45) is 2.26. The van der Waals surface area contributed by atoms with Gasteiger partial charge in [0, 0.05) is 13.1 Å². The number of aryl methyl sites for hydroxylation is 2. The van der Waals surface area contributed by atoms with E-state index in [1.807, 2.05) is 0 Å². The first kappa shape index (κ1) is 13.4. The molecule has 108 valence electrons. The second-order valence-corrected chi connectivity index (χ2v) is 6.32. The smallest absolute Gasteiger partial charge is 0.192 e. The molecule has 1 atom stereocenters. The molecule has 4 heteroatoms. The molecule has 0 fully saturated rings. The third kappa shape index (κ3) is 1.99. The Hall–Kier alpha value is -1.55. The van der Waals surface area contributed by atoms with Gasteiger partial charge >= 0.3 is 0 Å². The summed E-state index contributed by atoms with van der Waals surface area (Å²) in [5.41, 5.74) is 10.4. The Bertz CT molecular complexity index is 549. The molecule has 1 aromatic rings. The van der Waals surface area contributed by atoms with Crippen molar-refractivity contribution in [3.63, 3.8) is 0 Å². The highest BCUT2D eigenvalue weighted by Gasteiger charge is 2.47. The van der Waals surface area contributed by atoms with Gasteiger partial charge in [0.15, 0.2) is 5.96 Å². The number of aliphatic imine (C=N–C) groups is 1. The van der Waals surface area contributed by atoms with Gasteiger partial charge in [0.2, 0.25) is 0 Å². The molecule has 1 aromatic carbocycles. The summed E-state index contributed by atoms with van der Waals surface area (Å²) < 4.78 is 0. The summed E-state index contributed by atoms with van der Waals surface area (Å²) in [6, 6.07) is 6.82. The van der Waals surface area contributed by atoms with Crippen LogP contribution in [0, 0.1) is 6.92 Å². The molecule has 0 saturated carbocycles. The SMILES string of the molecule is Cc1ccc2c(c1)C1(CC2)CN=C(N)N1CCN(C)C. The highest BCUT2D eigenvalue weighted by Crippen LogP contribution is 2.44. The van der Waals surface area contributed by atoms with Crippen molar-refractivity contribution >= 4 is 5.96 Å². The highest BCUT2D eigenvalue weighted by atomic mass is 15.4. The second kappa shape index (κ2) is 4.77. The number of likely N-dealkylation sites (N-methyl/N-ethyl adjacent to an activating group) is 1. The molecule has 0 aromatic heterocycles. The van der Waals surface area contributed by atoms with Crippen molar-refractivity contribution in [3.8, 4) is 0 Å². The molecule has 0 bridgehead atoms. The minimum absolute atomic E-state index is 0.0153. The molecule has 1 unspecified atom stereocenters. The summed E-state index contributed by atoms with van der Waals surface area (Å²) in [6.45, 7) is 4.91. The molecule has 20 heavy (non-hydrogen) atoms. The molecule has 0 saturated heterocycles. The van der Waals surface area contributed by atoms with E-state index in [9.17, 15) is 0 Å². The fraction of sp³-hybridized carbons (Fsp3) is 0.562. The van der Waals surface area contributed by atoms with Gasteiger partial charge in [0.25, 0.3) is 0 Å². The van der Waals surface area contributed by atoms with Crippen LogP contribution in [0.15, 0.2) is 23.2 Å². The number of guanidine groups is 1. The van der Waals surface area contributed by atoms with Gasteiger partial charge in [0.05, 0.1) is 12.1 Å². The standard InChI is InChI=1S/C16H24N4/c1-12-4-5-13-6-7-16(14(13)10-12)11-18-15(17)20(16)9-8-19(2)3/h4-5,10H,6-9,11H2,1-3H3,(H2,17,18). The molecule has 3 rings (SSSR count). The number of benzene rings is 1. The lowest BCUT2D eigenvalue weighted by atomic mass is 9.90. The largest absolute Gasteiger partial charge is 0.370 e. The Kier molecular flexibility index (Phi) is 3.21. The van der Waals surface area contributed by atoms with Crippen LogP contribution in [0.4, 0.5) is 0 Å². The van der Waals surface area contributed by atoms with Crippen molar-refractivity contribution in [1.82, 2.24) is 9.80 Å². The predicted octanol–water partition coefficient (Wildman–Crippen LogP) is 1.33. The van der Waals surface area contributed by atoms with Gasteiger partial charge in [-0.15, -0.1) is 0 Å². The van der Waals surface area contributed by atoms with Crippen molar-refractivity contribution in [2.24, 2.45) is 10.7 Å². The van der Waals surface area contributed by atoms with Crippen molar-refractivity contribution in [3.05, 3.63) is 34.9 Å². The van der Waals surface area contributed by atoms with Crippen LogP contribution < -0.4 is 5.73 Å². The third-order valence-corrected chi connectivity index (χ3v) is 4.64. The van der Waals surface area contributed by atoms with Crippen molar-refractivity contribution in [1.29, 1.82) is 0 Å². The van der Waals surface area contributed by atoms with Gasteiger partial charge in [-0.1, -0.05) is 23.8 Å². The maximum Gasteiger partial charge on any atom is 0.192 e. The summed E-state index contributed by atoms with van der Waals surface area (Å²) in [4.78, 5) is 9.09. The van der Waals surface area contributed by atoms with Crippen LogP contribution in [0.3, 0.4) is 0 Å².